The highest BCUT2D eigenvalue weighted by Gasteiger charge is 2.08. The van der Waals surface area contributed by atoms with Gasteiger partial charge >= 0.3 is 0 Å². The van der Waals surface area contributed by atoms with Crippen molar-refractivity contribution in [3.8, 4) is 28.6 Å². The fraction of sp³-hybridized carbons (Fsp3) is 0.100. The lowest BCUT2D eigenvalue weighted by Gasteiger charge is -2.07. The molecule has 0 fully saturated rings. The number of pyridine rings is 1. The Hall–Kier alpha value is -3.43. The van der Waals surface area contributed by atoms with E-state index in [9.17, 15) is 0 Å². The van der Waals surface area contributed by atoms with Gasteiger partial charge in [-0.05, 0) is 36.4 Å². The predicted octanol–water partition coefficient (Wildman–Crippen LogP) is 4.03. The van der Waals surface area contributed by atoms with Gasteiger partial charge in [0.05, 0.1) is 35.1 Å². The summed E-state index contributed by atoms with van der Waals surface area (Å²) in [6, 6.07) is 15.2. The minimum atomic E-state index is 0.433. The van der Waals surface area contributed by atoms with E-state index in [0.717, 1.165) is 22.5 Å². The standard InChI is InChI=1S/C20H15ClN6/c21-18-12-15(3-4-16(18)13-22)19-6-9-26(25-19)10-11-27-20(5-8-24-27)17-2-1-7-23-14-17/h1-9,12,14H,10-11H2. The van der Waals surface area contributed by atoms with Crippen LogP contribution in [0, 0.1) is 11.3 Å². The zero-order chi connectivity index (χ0) is 18.6. The summed E-state index contributed by atoms with van der Waals surface area (Å²) in [5.74, 6) is 0. The Morgan fingerprint density at radius 2 is 1.96 bits per heavy atom. The molecule has 3 aromatic heterocycles. The van der Waals surface area contributed by atoms with Crippen molar-refractivity contribution >= 4 is 11.6 Å². The number of hydrogen-bond acceptors (Lipinski definition) is 4. The van der Waals surface area contributed by atoms with E-state index in [4.69, 9.17) is 16.9 Å². The fourth-order valence-corrected chi connectivity index (χ4v) is 3.10. The lowest BCUT2D eigenvalue weighted by atomic mass is 10.1. The first-order valence-corrected chi connectivity index (χ1v) is 8.78. The Balaban J connectivity index is 1.49. The third kappa shape index (κ3) is 3.59. The highest BCUT2D eigenvalue weighted by molar-refractivity contribution is 6.32. The molecule has 27 heavy (non-hydrogen) atoms. The first kappa shape index (κ1) is 17.0. The molecule has 1 aromatic carbocycles. The number of aryl methyl sites for hydroxylation is 2. The Bertz CT molecular complexity index is 1110. The van der Waals surface area contributed by atoms with E-state index in [1.165, 1.54) is 0 Å². The second-order valence-electron chi connectivity index (χ2n) is 5.95. The molecule has 0 saturated heterocycles. The molecule has 4 aromatic rings. The maximum Gasteiger partial charge on any atom is 0.101 e. The summed E-state index contributed by atoms with van der Waals surface area (Å²) < 4.78 is 3.81. The van der Waals surface area contributed by atoms with E-state index in [2.05, 4.69) is 21.3 Å². The molecule has 0 unspecified atom stereocenters. The van der Waals surface area contributed by atoms with Crippen molar-refractivity contribution in [3.05, 3.63) is 77.8 Å². The van der Waals surface area contributed by atoms with Gasteiger partial charge in [-0.2, -0.15) is 15.5 Å². The molecule has 0 atom stereocenters. The monoisotopic (exact) mass is 374 g/mol. The summed E-state index contributed by atoms with van der Waals surface area (Å²) in [7, 11) is 0. The molecule has 0 amide bonds. The third-order valence-electron chi connectivity index (χ3n) is 4.24. The molecule has 6 nitrogen and oxygen atoms in total. The molecule has 0 spiro atoms. The molecule has 0 N–H and O–H groups in total. The van der Waals surface area contributed by atoms with E-state index in [1.54, 1.807) is 24.5 Å². The molecule has 0 bridgehead atoms. The number of hydrogen-bond donors (Lipinski definition) is 0. The van der Waals surface area contributed by atoms with E-state index < -0.39 is 0 Å². The molecule has 0 aliphatic heterocycles. The van der Waals surface area contributed by atoms with Crippen molar-refractivity contribution in [3.63, 3.8) is 0 Å². The van der Waals surface area contributed by atoms with E-state index in [1.807, 2.05) is 52.1 Å². The summed E-state index contributed by atoms with van der Waals surface area (Å²) in [5.41, 5.74) is 4.21. The van der Waals surface area contributed by atoms with Crippen LogP contribution in [0.15, 0.2) is 67.3 Å². The molecular weight excluding hydrogens is 360 g/mol. The van der Waals surface area contributed by atoms with Crippen LogP contribution in [-0.2, 0) is 13.1 Å². The van der Waals surface area contributed by atoms with Gasteiger partial charge in [0, 0.05) is 35.9 Å². The van der Waals surface area contributed by atoms with Gasteiger partial charge in [0.1, 0.15) is 6.07 Å². The Kier molecular flexibility index (Phi) is 4.69. The number of aromatic nitrogens is 5. The smallest absolute Gasteiger partial charge is 0.101 e. The van der Waals surface area contributed by atoms with Crippen LogP contribution in [0.3, 0.4) is 0 Å². The van der Waals surface area contributed by atoms with Crippen LogP contribution < -0.4 is 0 Å². The zero-order valence-corrected chi connectivity index (χ0v) is 15.1. The molecule has 0 radical (unpaired) electrons. The number of nitriles is 1. The molecule has 3 heterocycles. The Labute approximate surface area is 161 Å². The topological polar surface area (TPSA) is 72.3 Å². The highest BCUT2D eigenvalue weighted by Crippen LogP contribution is 2.24. The van der Waals surface area contributed by atoms with Crippen molar-refractivity contribution in [2.45, 2.75) is 13.1 Å². The van der Waals surface area contributed by atoms with Gasteiger partial charge in [-0.3, -0.25) is 14.3 Å². The molecule has 0 saturated carbocycles. The van der Waals surface area contributed by atoms with Gasteiger partial charge in [-0.1, -0.05) is 17.7 Å². The van der Waals surface area contributed by atoms with Crippen molar-refractivity contribution in [2.75, 3.05) is 0 Å². The second kappa shape index (κ2) is 7.44. The van der Waals surface area contributed by atoms with Crippen molar-refractivity contribution < 1.29 is 0 Å². The Morgan fingerprint density at radius 3 is 2.74 bits per heavy atom. The fourth-order valence-electron chi connectivity index (χ4n) is 2.87. The number of rotatable bonds is 5. The van der Waals surface area contributed by atoms with E-state index in [0.29, 0.717) is 23.7 Å². The maximum absolute atomic E-state index is 8.98. The largest absolute Gasteiger partial charge is 0.270 e. The first-order valence-electron chi connectivity index (χ1n) is 8.40. The third-order valence-corrected chi connectivity index (χ3v) is 4.55. The minimum Gasteiger partial charge on any atom is -0.270 e. The lowest BCUT2D eigenvalue weighted by Crippen LogP contribution is -2.10. The molecular formula is C20H15ClN6. The average molecular weight is 375 g/mol. The predicted molar refractivity (Wildman–Crippen MR) is 103 cm³/mol. The molecule has 132 valence electrons. The van der Waals surface area contributed by atoms with Crippen LogP contribution in [0.5, 0.6) is 0 Å². The number of benzene rings is 1. The normalized spacial score (nSPS) is 10.7. The van der Waals surface area contributed by atoms with Gasteiger partial charge in [0.15, 0.2) is 0 Å². The summed E-state index contributed by atoms with van der Waals surface area (Å²) in [4.78, 5) is 4.17. The van der Waals surface area contributed by atoms with Crippen molar-refractivity contribution in [1.82, 2.24) is 24.5 Å². The second-order valence-corrected chi connectivity index (χ2v) is 6.36. The van der Waals surface area contributed by atoms with E-state index in [-0.39, 0.29) is 0 Å². The SMILES string of the molecule is N#Cc1ccc(-c2ccn(CCn3nccc3-c3cccnc3)n2)cc1Cl. The van der Waals surface area contributed by atoms with Crippen LogP contribution in [0.1, 0.15) is 5.56 Å². The maximum atomic E-state index is 8.98. The van der Waals surface area contributed by atoms with Crippen LogP contribution >= 0.6 is 11.6 Å². The zero-order valence-electron chi connectivity index (χ0n) is 14.3. The van der Waals surface area contributed by atoms with Crippen molar-refractivity contribution in [1.29, 1.82) is 5.26 Å². The van der Waals surface area contributed by atoms with Crippen LogP contribution in [0.4, 0.5) is 0 Å². The van der Waals surface area contributed by atoms with E-state index >= 15 is 0 Å². The van der Waals surface area contributed by atoms with Gasteiger partial charge < -0.3 is 0 Å². The number of halogens is 1. The quantitative estimate of drug-likeness (QED) is 0.528. The minimum absolute atomic E-state index is 0.433. The Morgan fingerprint density at radius 1 is 1.04 bits per heavy atom. The summed E-state index contributed by atoms with van der Waals surface area (Å²) >= 11 is 6.12. The summed E-state index contributed by atoms with van der Waals surface area (Å²) in [5, 5.41) is 18.4. The van der Waals surface area contributed by atoms with Crippen LogP contribution in [0.25, 0.3) is 22.5 Å². The molecule has 4 rings (SSSR count). The number of nitrogens with zero attached hydrogens (tertiary/aromatic N) is 6. The summed E-state index contributed by atoms with van der Waals surface area (Å²) in [6.45, 7) is 1.37. The molecule has 0 aliphatic rings. The first-order chi connectivity index (χ1) is 13.2. The average Bonchev–Trinajstić information content (AvgIpc) is 3.36. The lowest BCUT2D eigenvalue weighted by molar-refractivity contribution is 0.504. The summed E-state index contributed by atoms with van der Waals surface area (Å²) in [6.07, 6.45) is 7.29. The van der Waals surface area contributed by atoms with Crippen LogP contribution in [0.2, 0.25) is 5.02 Å². The molecule has 7 heteroatoms. The van der Waals surface area contributed by atoms with Crippen molar-refractivity contribution in [2.24, 2.45) is 0 Å². The van der Waals surface area contributed by atoms with Gasteiger partial charge in [-0.15, -0.1) is 0 Å². The van der Waals surface area contributed by atoms with Gasteiger partial charge in [0.2, 0.25) is 0 Å². The molecule has 0 aliphatic carbocycles. The highest BCUT2D eigenvalue weighted by atomic mass is 35.5. The van der Waals surface area contributed by atoms with Gasteiger partial charge in [-0.25, -0.2) is 0 Å². The van der Waals surface area contributed by atoms with Crippen LogP contribution in [-0.4, -0.2) is 24.5 Å². The van der Waals surface area contributed by atoms with Gasteiger partial charge in [0.25, 0.3) is 0 Å².